The van der Waals surface area contributed by atoms with E-state index >= 15 is 17.6 Å². The van der Waals surface area contributed by atoms with E-state index in [0.29, 0.717) is 40.2 Å². The zero-order valence-electron chi connectivity index (χ0n) is 29.6. The molecule has 7 nitrogen and oxygen atoms in total. The van der Waals surface area contributed by atoms with Gasteiger partial charge in [0.2, 0.25) is 23.1 Å². The molecule has 2 atom stereocenters. The summed E-state index contributed by atoms with van der Waals surface area (Å²) in [5.74, 6) is -9.68. The Hall–Kier alpha value is -2.99. The number of thioether (sulfide) groups is 1. The van der Waals surface area contributed by atoms with Crippen molar-refractivity contribution in [3.8, 4) is 5.75 Å². The van der Waals surface area contributed by atoms with Crippen molar-refractivity contribution in [2.75, 3.05) is 52.3 Å². The van der Waals surface area contributed by atoms with Crippen molar-refractivity contribution >= 4 is 43.9 Å². The van der Waals surface area contributed by atoms with Gasteiger partial charge in [-0.1, -0.05) is 60.4 Å². The van der Waals surface area contributed by atoms with E-state index in [1.807, 2.05) is 14.1 Å². The summed E-state index contributed by atoms with van der Waals surface area (Å²) in [6, 6.07) is 8.85. The Bertz CT molecular complexity index is 1640. The summed E-state index contributed by atoms with van der Waals surface area (Å²) in [6.45, 7) is 17.0. The number of thiocarbonyl (C=S) groups is 1. The molecule has 2 rings (SSSR count). The minimum absolute atomic E-state index is 0.0772. The molecule has 0 radical (unpaired) electrons. The summed E-state index contributed by atoms with van der Waals surface area (Å²) in [5, 5.41) is 2.91. The van der Waals surface area contributed by atoms with Gasteiger partial charge >= 0.3 is 0 Å². The highest BCUT2D eigenvalue weighted by Gasteiger charge is 2.44. The second-order valence-corrected chi connectivity index (χ2v) is 18.4. The molecular weight excluding hydrogens is 711 g/mol. The Balaban J connectivity index is 2.50. The van der Waals surface area contributed by atoms with Gasteiger partial charge in [0, 0.05) is 51.5 Å². The number of amides is 1. The van der Waals surface area contributed by atoms with Crippen molar-refractivity contribution in [2.45, 2.75) is 69.1 Å². The molecule has 0 aliphatic heterocycles. The van der Waals surface area contributed by atoms with Crippen molar-refractivity contribution in [1.29, 1.82) is 0 Å². The summed E-state index contributed by atoms with van der Waals surface area (Å²) >= 11 is 6.69. The highest BCUT2D eigenvalue weighted by Crippen LogP contribution is 2.45. The number of rotatable bonds is 20. The van der Waals surface area contributed by atoms with E-state index < -0.39 is 66.5 Å². The molecule has 0 aliphatic carbocycles. The lowest BCUT2D eigenvalue weighted by Gasteiger charge is -2.34. The van der Waals surface area contributed by atoms with Crippen LogP contribution in [0.1, 0.15) is 69.9 Å². The fraction of sp³-hybridized carbons (Fsp3) is 0.528. The van der Waals surface area contributed by atoms with Crippen LogP contribution in [0.5, 0.6) is 5.75 Å². The number of benzene rings is 2. The van der Waals surface area contributed by atoms with Crippen molar-refractivity contribution in [1.82, 2.24) is 5.32 Å². The first-order valence-corrected chi connectivity index (χ1v) is 19.5. The van der Waals surface area contributed by atoms with Crippen LogP contribution < -0.4 is 10.1 Å². The zero-order chi connectivity index (χ0) is 37.9. The van der Waals surface area contributed by atoms with Crippen molar-refractivity contribution < 1.29 is 40.0 Å². The molecule has 2 aromatic carbocycles. The van der Waals surface area contributed by atoms with E-state index in [1.165, 1.54) is 26.2 Å². The largest absolute Gasteiger partial charge is 0.487 e. The smallest absolute Gasteiger partial charge is 0.236 e. The lowest BCUT2D eigenvalue weighted by Crippen LogP contribution is -2.46. The molecule has 0 heterocycles. The third-order valence-electron chi connectivity index (χ3n) is 8.23. The number of carbonyl (C=O) groups is 1. The first-order valence-electron chi connectivity index (χ1n) is 16.2. The summed E-state index contributed by atoms with van der Waals surface area (Å²) in [6.07, 6.45) is 3.25. The second kappa shape index (κ2) is 18.5. The maximum absolute atomic E-state index is 15.8. The van der Waals surface area contributed by atoms with Crippen LogP contribution in [-0.2, 0) is 14.6 Å². The van der Waals surface area contributed by atoms with Gasteiger partial charge in [-0.05, 0) is 31.2 Å². The van der Waals surface area contributed by atoms with Crippen LogP contribution in [-0.4, -0.2) is 85.6 Å². The molecule has 0 fully saturated rings. The molecule has 0 bridgehead atoms. The molecule has 0 aliphatic rings. The Morgan fingerprint density at radius 2 is 1.64 bits per heavy atom. The van der Waals surface area contributed by atoms with Crippen molar-refractivity contribution in [2.24, 2.45) is 0 Å². The molecule has 0 saturated heterocycles. The first kappa shape index (κ1) is 43.2. The number of hydrogen-bond acceptors (Lipinski definition) is 6. The van der Waals surface area contributed by atoms with E-state index in [9.17, 15) is 13.2 Å². The number of nitrogens with one attached hydrogen (secondary N) is 1. The fourth-order valence-corrected chi connectivity index (χ4v) is 7.99. The molecular formula is C36H48F4N3O4S3+. The third kappa shape index (κ3) is 13.0. The number of ether oxygens (including phenoxy) is 1. The van der Waals surface area contributed by atoms with E-state index in [1.54, 1.807) is 37.3 Å². The number of hydrogen-bond donors (Lipinski definition) is 1. The summed E-state index contributed by atoms with van der Waals surface area (Å²) in [4.78, 5) is 17.6. The van der Waals surface area contributed by atoms with Crippen LogP contribution in [0.4, 0.5) is 17.6 Å². The van der Waals surface area contributed by atoms with Crippen molar-refractivity contribution in [3.05, 3.63) is 88.8 Å². The zero-order valence-corrected chi connectivity index (χ0v) is 32.0. The van der Waals surface area contributed by atoms with Gasteiger partial charge in [0.15, 0.2) is 17.4 Å². The van der Waals surface area contributed by atoms with Gasteiger partial charge in [-0.25, -0.2) is 23.8 Å². The molecule has 0 aromatic heterocycles. The summed E-state index contributed by atoms with van der Waals surface area (Å²) < 4.78 is 89.8. The molecule has 2 aromatic rings. The summed E-state index contributed by atoms with van der Waals surface area (Å²) in [7, 11) is 0.838. The Labute approximate surface area is 304 Å². The van der Waals surface area contributed by atoms with Crippen LogP contribution in [0, 0.1) is 29.8 Å². The normalized spacial score (nSPS) is 13.9. The van der Waals surface area contributed by atoms with Gasteiger partial charge in [-0.3, -0.25) is 4.79 Å². The monoisotopic (exact) mass is 758 g/mol. The molecule has 50 heavy (non-hydrogen) atoms. The topological polar surface area (TPSA) is 76.8 Å². The van der Waals surface area contributed by atoms with Crippen LogP contribution >= 0.6 is 24.0 Å². The molecule has 0 spiro atoms. The highest BCUT2D eigenvalue weighted by atomic mass is 32.2. The Morgan fingerprint density at radius 3 is 2.18 bits per heavy atom. The van der Waals surface area contributed by atoms with Gasteiger partial charge < -0.3 is 19.4 Å². The number of halogens is 4. The van der Waals surface area contributed by atoms with E-state index in [4.69, 9.17) is 23.5 Å². The third-order valence-corrected chi connectivity index (χ3v) is 11.0. The molecule has 1 amide bonds. The lowest BCUT2D eigenvalue weighted by atomic mass is 9.79. The standard InChI is InChI=1S/C36H47F4N3O4S3/c1-9-10-21-47-32-30(39)28(37)27(29(38)31(32)40)26(23-35(2,3)41-5)24-36(4,49-33(48)25-16-12-11-13-17-25)34(44)42-18-14-19-43(6,7)20-15-22-50(8,45)46/h9,11-13,16-17,26H,1,10,14-15,18-24H2,2-4,6-8H3/p+1. The Kier molecular flexibility index (Phi) is 16.0. The molecule has 276 valence electrons. The first-order chi connectivity index (χ1) is 23.2. The van der Waals surface area contributed by atoms with Gasteiger partial charge in [0.05, 0.1) is 48.5 Å². The number of sulfone groups is 1. The number of carbonyl (C=O) groups excluding carboxylic acids is 1. The van der Waals surface area contributed by atoms with Gasteiger partial charge in [-0.2, -0.15) is 8.78 Å². The number of quaternary nitrogens is 1. The minimum Gasteiger partial charge on any atom is -0.487 e. The molecule has 1 N–H and O–H groups in total. The van der Waals surface area contributed by atoms with Crippen molar-refractivity contribution in [3.63, 3.8) is 0 Å². The quantitative estimate of drug-likeness (QED) is 0.0285. The van der Waals surface area contributed by atoms with Gasteiger partial charge in [0.1, 0.15) is 9.84 Å². The van der Waals surface area contributed by atoms with E-state index in [2.05, 4.69) is 16.7 Å². The van der Waals surface area contributed by atoms with Crippen LogP contribution in [0.15, 0.2) is 43.0 Å². The van der Waals surface area contributed by atoms with E-state index in [-0.39, 0.29) is 38.2 Å². The van der Waals surface area contributed by atoms with E-state index in [0.717, 1.165) is 11.8 Å². The van der Waals surface area contributed by atoms with Crippen LogP contribution in [0.25, 0.3) is 4.85 Å². The average molecular weight is 759 g/mol. The van der Waals surface area contributed by atoms with Crippen LogP contribution in [0.2, 0.25) is 0 Å². The predicted molar refractivity (Wildman–Crippen MR) is 197 cm³/mol. The maximum atomic E-state index is 15.8. The summed E-state index contributed by atoms with van der Waals surface area (Å²) in [5.41, 5.74) is -1.50. The van der Waals surface area contributed by atoms with Gasteiger partial charge in [-0.15, -0.1) is 6.58 Å². The maximum Gasteiger partial charge on any atom is 0.236 e. The minimum atomic E-state index is -3.08. The fourth-order valence-electron chi connectivity index (χ4n) is 5.53. The van der Waals surface area contributed by atoms with Gasteiger partial charge in [0.25, 0.3) is 0 Å². The molecule has 2 unspecified atom stereocenters. The number of nitrogens with zero attached hydrogens (tertiary/aromatic N) is 2. The SMILES string of the molecule is [C-]#[N+]C(C)(C)CC(CC(C)(SC(=S)c1ccccc1)C(=O)NCCC[N+](C)(C)CCCS(C)(=O)=O)c1c(F)c(F)c(OCCC=C)c(F)c1F. The lowest BCUT2D eigenvalue weighted by molar-refractivity contribution is -0.890. The Morgan fingerprint density at radius 1 is 1.06 bits per heavy atom. The molecule has 0 saturated carbocycles. The molecule has 14 heteroatoms. The predicted octanol–water partition coefficient (Wildman–Crippen LogP) is 7.64. The highest BCUT2D eigenvalue weighted by molar-refractivity contribution is 8.25. The van der Waals surface area contributed by atoms with Crippen LogP contribution in [0.3, 0.4) is 0 Å². The average Bonchev–Trinajstić information content (AvgIpc) is 3.03. The second-order valence-electron chi connectivity index (χ2n) is 13.9.